The number of alkyl carbamates (subject to hydrolysis) is 1. The number of esters is 1. The van der Waals surface area contributed by atoms with E-state index >= 15 is 0 Å². The molecular formula is C26H34N2O8. The maximum Gasteiger partial charge on any atom is 0.408 e. The van der Waals surface area contributed by atoms with Crippen LogP contribution in [0, 0.1) is 0 Å². The Morgan fingerprint density at radius 3 is 2.19 bits per heavy atom. The van der Waals surface area contributed by atoms with Crippen molar-refractivity contribution in [3.05, 3.63) is 59.7 Å². The zero-order chi connectivity index (χ0) is 26.7. The third-order valence-corrected chi connectivity index (χ3v) is 4.90. The molecule has 0 spiro atoms. The Morgan fingerprint density at radius 1 is 0.917 bits per heavy atom. The van der Waals surface area contributed by atoms with Crippen LogP contribution in [-0.2, 0) is 32.1 Å². The van der Waals surface area contributed by atoms with E-state index in [1.807, 2.05) is 30.3 Å². The van der Waals surface area contributed by atoms with Gasteiger partial charge in [-0.3, -0.25) is 4.79 Å². The van der Waals surface area contributed by atoms with Crippen molar-refractivity contribution in [1.29, 1.82) is 0 Å². The lowest BCUT2D eigenvalue weighted by Gasteiger charge is -2.24. The van der Waals surface area contributed by atoms with E-state index in [0.29, 0.717) is 23.7 Å². The van der Waals surface area contributed by atoms with Crippen molar-refractivity contribution in [3.8, 4) is 11.5 Å². The van der Waals surface area contributed by atoms with E-state index in [1.54, 1.807) is 39.0 Å². The Kier molecular flexibility index (Phi) is 10.5. The van der Waals surface area contributed by atoms with Crippen LogP contribution in [-0.4, -0.2) is 61.6 Å². The maximum atomic E-state index is 12.7. The van der Waals surface area contributed by atoms with Crippen LogP contribution in [0.15, 0.2) is 48.5 Å². The minimum Gasteiger partial charge on any atom is -0.493 e. The fourth-order valence-electron chi connectivity index (χ4n) is 3.18. The first-order valence-electron chi connectivity index (χ1n) is 11.4. The summed E-state index contributed by atoms with van der Waals surface area (Å²) in [7, 11) is 2.72. The zero-order valence-electron chi connectivity index (χ0n) is 21.2. The van der Waals surface area contributed by atoms with E-state index in [-0.39, 0.29) is 6.42 Å². The van der Waals surface area contributed by atoms with Gasteiger partial charge in [0.05, 0.1) is 20.8 Å². The van der Waals surface area contributed by atoms with Gasteiger partial charge in [0, 0.05) is 6.42 Å². The quantitative estimate of drug-likeness (QED) is 0.399. The summed E-state index contributed by atoms with van der Waals surface area (Å²) in [5.41, 5.74) is 0.844. The highest BCUT2D eigenvalue weighted by Crippen LogP contribution is 2.29. The van der Waals surface area contributed by atoms with E-state index < -0.39 is 42.3 Å². The van der Waals surface area contributed by atoms with Crippen LogP contribution in [0.2, 0.25) is 0 Å². The number of carbonyl (C=O) groups is 3. The molecule has 2 unspecified atom stereocenters. The van der Waals surface area contributed by atoms with Crippen molar-refractivity contribution in [2.75, 3.05) is 20.8 Å². The number of amides is 2. The summed E-state index contributed by atoms with van der Waals surface area (Å²) in [6, 6.07) is 12.3. The molecule has 0 saturated heterocycles. The lowest BCUT2D eigenvalue weighted by molar-refractivity contribution is -0.145. The summed E-state index contributed by atoms with van der Waals surface area (Å²) in [6.45, 7) is 4.62. The summed E-state index contributed by atoms with van der Waals surface area (Å²) >= 11 is 0. The van der Waals surface area contributed by atoms with Crippen LogP contribution in [0.3, 0.4) is 0 Å². The Bertz CT molecular complexity index is 1020. The third kappa shape index (κ3) is 9.10. The van der Waals surface area contributed by atoms with Gasteiger partial charge in [0.1, 0.15) is 24.3 Å². The summed E-state index contributed by atoms with van der Waals surface area (Å²) < 4.78 is 21.3. The lowest BCUT2D eigenvalue weighted by atomic mass is 10.0. The Morgan fingerprint density at radius 2 is 1.61 bits per heavy atom. The second-order valence-electron chi connectivity index (χ2n) is 8.93. The van der Waals surface area contributed by atoms with Crippen LogP contribution < -0.4 is 20.1 Å². The van der Waals surface area contributed by atoms with Gasteiger partial charge in [0.15, 0.2) is 11.5 Å². The summed E-state index contributed by atoms with van der Waals surface area (Å²) in [5, 5.41) is 14.4. The van der Waals surface area contributed by atoms with Crippen LogP contribution >= 0.6 is 0 Å². The second kappa shape index (κ2) is 13.3. The fraction of sp³-hybridized carbons (Fsp3) is 0.423. The molecule has 2 aromatic carbocycles. The van der Waals surface area contributed by atoms with Gasteiger partial charge in [0.2, 0.25) is 5.91 Å². The van der Waals surface area contributed by atoms with Crippen molar-refractivity contribution in [1.82, 2.24) is 10.6 Å². The van der Waals surface area contributed by atoms with Crippen molar-refractivity contribution in [2.45, 2.75) is 51.5 Å². The van der Waals surface area contributed by atoms with Gasteiger partial charge < -0.3 is 34.7 Å². The molecule has 0 radical (unpaired) electrons. The van der Waals surface area contributed by atoms with Crippen molar-refractivity contribution >= 4 is 18.0 Å². The number of aliphatic hydroxyl groups is 1. The molecule has 2 rings (SSSR count). The molecule has 0 bridgehead atoms. The highest BCUT2D eigenvalue weighted by atomic mass is 16.6. The predicted octanol–water partition coefficient (Wildman–Crippen LogP) is 2.36. The molecule has 0 aliphatic rings. The Labute approximate surface area is 210 Å². The molecule has 2 amide bonds. The van der Waals surface area contributed by atoms with Crippen LogP contribution in [0.25, 0.3) is 0 Å². The van der Waals surface area contributed by atoms with Gasteiger partial charge in [-0.15, -0.1) is 0 Å². The van der Waals surface area contributed by atoms with E-state index in [1.165, 1.54) is 14.2 Å². The first-order valence-corrected chi connectivity index (χ1v) is 11.4. The van der Waals surface area contributed by atoms with Gasteiger partial charge in [-0.05, 0) is 44.0 Å². The molecule has 196 valence electrons. The molecule has 36 heavy (non-hydrogen) atoms. The Balaban J connectivity index is 2.14. The lowest BCUT2D eigenvalue weighted by Crippen LogP contribution is -2.54. The van der Waals surface area contributed by atoms with Crippen LogP contribution in [0.5, 0.6) is 11.5 Å². The van der Waals surface area contributed by atoms with Crippen LogP contribution in [0.1, 0.15) is 31.9 Å². The van der Waals surface area contributed by atoms with E-state index in [9.17, 15) is 19.5 Å². The summed E-state index contributed by atoms with van der Waals surface area (Å²) in [6.07, 6.45) is -0.809. The predicted molar refractivity (Wildman–Crippen MR) is 132 cm³/mol. The summed E-state index contributed by atoms with van der Waals surface area (Å²) in [4.78, 5) is 37.2. The average Bonchev–Trinajstić information content (AvgIpc) is 2.84. The number of benzene rings is 2. The second-order valence-corrected chi connectivity index (χ2v) is 8.93. The van der Waals surface area contributed by atoms with Gasteiger partial charge >= 0.3 is 12.1 Å². The molecule has 0 heterocycles. The first-order chi connectivity index (χ1) is 17.1. The SMILES string of the molecule is COC(=O)C(Cc1ccc(OC)c(OCc2ccccc2)c1)NC(=O)C(CO)NC(=O)OC(C)(C)C. The fourth-order valence-corrected chi connectivity index (χ4v) is 3.18. The van der Waals surface area contributed by atoms with Crippen molar-refractivity contribution < 1.29 is 38.4 Å². The van der Waals surface area contributed by atoms with E-state index in [4.69, 9.17) is 18.9 Å². The monoisotopic (exact) mass is 502 g/mol. The smallest absolute Gasteiger partial charge is 0.408 e. The maximum absolute atomic E-state index is 12.7. The number of rotatable bonds is 11. The molecule has 0 aromatic heterocycles. The Hall–Kier alpha value is -3.79. The molecule has 3 N–H and O–H groups in total. The molecular weight excluding hydrogens is 468 g/mol. The van der Waals surface area contributed by atoms with Crippen molar-refractivity contribution in [2.24, 2.45) is 0 Å². The minimum absolute atomic E-state index is 0.0642. The number of hydrogen-bond donors (Lipinski definition) is 3. The minimum atomic E-state index is -1.33. The molecule has 0 saturated carbocycles. The topological polar surface area (TPSA) is 132 Å². The molecule has 10 nitrogen and oxygen atoms in total. The zero-order valence-corrected chi connectivity index (χ0v) is 21.2. The number of hydrogen-bond acceptors (Lipinski definition) is 8. The van der Waals surface area contributed by atoms with Gasteiger partial charge in [-0.1, -0.05) is 36.4 Å². The van der Waals surface area contributed by atoms with E-state index in [2.05, 4.69) is 10.6 Å². The molecule has 0 aliphatic carbocycles. The number of methoxy groups -OCH3 is 2. The molecule has 0 fully saturated rings. The molecule has 2 aromatic rings. The molecule has 2 atom stereocenters. The van der Waals surface area contributed by atoms with Crippen LogP contribution in [0.4, 0.5) is 4.79 Å². The average molecular weight is 503 g/mol. The number of aliphatic hydroxyl groups excluding tert-OH is 1. The molecule has 10 heteroatoms. The highest BCUT2D eigenvalue weighted by Gasteiger charge is 2.29. The number of carbonyl (C=O) groups excluding carboxylic acids is 3. The largest absolute Gasteiger partial charge is 0.493 e. The highest BCUT2D eigenvalue weighted by molar-refractivity contribution is 5.89. The first kappa shape index (κ1) is 28.4. The third-order valence-electron chi connectivity index (χ3n) is 4.90. The number of nitrogens with one attached hydrogen (secondary N) is 2. The van der Waals surface area contributed by atoms with E-state index in [0.717, 1.165) is 5.56 Å². The van der Waals surface area contributed by atoms with Gasteiger partial charge in [-0.25, -0.2) is 9.59 Å². The van der Waals surface area contributed by atoms with Gasteiger partial charge in [0.25, 0.3) is 0 Å². The van der Waals surface area contributed by atoms with Crippen molar-refractivity contribution in [3.63, 3.8) is 0 Å². The summed E-state index contributed by atoms with van der Waals surface area (Å²) in [5.74, 6) is -0.489. The molecule has 0 aliphatic heterocycles. The number of ether oxygens (including phenoxy) is 4. The standard InChI is InChI=1S/C26H34N2O8/c1-26(2,3)36-25(32)28-20(15-29)23(30)27-19(24(31)34-5)13-18-11-12-21(33-4)22(14-18)35-16-17-9-7-6-8-10-17/h6-12,14,19-20,29H,13,15-16H2,1-5H3,(H,27,30)(H,28,32). The van der Waals surface area contributed by atoms with Gasteiger partial charge in [-0.2, -0.15) is 0 Å². The normalized spacial score (nSPS) is 12.6.